The average molecular weight is 218 g/mol. The molecule has 0 aromatic rings. The first-order valence-electron chi connectivity index (χ1n) is 5.60. The average Bonchev–Trinajstić information content (AvgIpc) is 1.92. The minimum absolute atomic E-state index is 0.101. The van der Waals surface area contributed by atoms with Gasteiger partial charge in [-0.25, -0.2) is 0 Å². The van der Waals surface area contributed by atoms with E-state index in [-0.39, 0.29) is 11.2 Å². The highest BCUT2D eigenvalue weighted by molar-refractivity contribution is 4.61. The minimum Gasteiger partial charge on any atom is -0.376 e. The van der Waals surface area contributed by atoms with Crippen LogP contribution in [0, 0.1) is 0 Å². The first kappa shape index (κ1) is 14.9. The van der Waals surface area contributed by atoms with E-state index < -0.39 is 6.29 Å². The highest BCUT2D eigenvalue weighted by Crippen LogP contribution is 2.13. The molecule has 0 aromatic heterocycles. The standard InChI is InChI=1S/C12H26O3/c1-11(2,3)14-9-7-8-10(13)15-12(4,5)6/h10,13H,7-9H2,1-6H3. The molecule has 0 saturated carbocycles. The number of hydrogen-bond acceptors (Lipinski definition) is 3. The highest BCUT2D eigenvalue weighted by Gasteiger charge is 2.16. The summed E-state index contributed by atoms with van der Waals surface area (Å²) in [4.78, 5) is 0. The van der Waals surface area contributed by atoms with Gasteiger partial charge >= 0.3 is 0 Å². The number of hydrogen-bond donors (Lipinski definition) is 1. The molecule has 0 aromatic carbocycles. The first-order valence-corrected chi connectivity index (χ1v) is 5.60. The molecule has 0 rings (SSSR count). The Labute approximate surface area is 93.8 Å². The molecule has 0 saturated heterocycles. The Balaban J connectivity index is 3.52. The van der Waals surface area contributed by atoms with E-state index in [1.165, 1.54) is 0 Å². The molecule has 3 nitrogen and oxygen atoms in total. The Bertz CT molecular complexity index is 165. The molecule has 0 spiro atoms. The molecule has 0 heterocycles. The lowest BCUT2D eigenvalue weighted by Crippen LogP contribution is -2.27. The van der Waals surface area contributed by atoms with Gasteiger partial charge in [0.25, 0.3) is 0 Å². The molecule has 92 valence electrons. The Morgan fingerprint density at radius 3 is 1.93 bits per heavy atom. The van der Waals surface area contributed by atoms with Crippen LogP contribution in [0.15, 0.2) is 0 Å². The second kappa shape index (κ2) is 5.83. The number of aliphatic hydroxyl groups excluding tert-OH is 1. The Morgan fingerprint density at radius 2 is 1.53 bits per heavy atom. The Hall–Kier alpha value is -0.120. The molecule has 0 fully saturated rings. The fraction of sp³-hybridized carbons (Fsp3) is 1.00. The summed E-state index contributed by atoms with van der Waals surface area (Å²) in [6.45, 7) is 12.5. The van der Waals surface area contributed by atoms with E-state index in [4.69, 9.17) is 9.47 Å². The molecule has 15 heavy (non-hydrogen) atoms. The van der Waals surface area contributed by atoms with Gasteiger partial charge in [-0.1, -0.05) is 0 Å². The maximum absolute atomic E-state index is 9.54. The van der Waals surface area contributed by atoms with Crippen molar-refractivity contribution in [3.63, 3.8) is 0 Å². The van der Waals surface area contributed by atoms with Gasteiger partial charge in [0.15, 0.2) is 6.29 Å². The van der Waals surface area contributed by atoms with Crippen molar-refractivity contribution < 1.29 is 14.6 Å². The van der Waals surface area contributed by atoms with E-state index in [0.29, 0.717) is 13.0 Å². The van der Waals surface area contributed by atoms with Crippen molar-refractivity contribution in [3.05, 3.63) is 0 Å². The normalized spacial score (nSPS) is 15.4. The number of rotatable bonds is 5. The van der Waals surface area contributed by atoms with Gasteiger partial charge in [-0.15, -0.1) is 0 Å². The van der Waals surface area contributed by atoms with Crippen molar-refractivity contribution in [2.24, 2.45) is 0 Å². The minimum atomic E-state index is -0.687. The zero-order chi connectivity index (χ0) is 12.1. The number of aliphatic hydroxyl groups is 1. The topological polar surface area (TPSA) is 38.7 Å². The predicted octanol–water partition coefficient (Wildman–Crippen LogP) is 2.72. The lowest BCUT2D eigenvalue weighted by atomic mass is 10.2. The van der Waals surface area contributed by atoms with Gasteiger partial charge in [0.1, 0.15) is 0 Å². The van der Waals surface area contributed by atoms with Crippen molar-refractivity contribution in [2.45, 2.75) is 71.9 Å². The lowest BCUT2D eigenvalue weighted by Gasteiger charge is -2.24. The zero-order valence-corrected chi connectivity index (χ0v) is 11.0. The Morgan fingerprint density at radius 1 is 1.00 bits per heavy atom. The van der Waals surface area contributed by atoms with Gasteiger partial charge in [-0.05, 0) is 48.0 Å². The van der Waals surface area contributed by atoms with Crippen LogP contribution in [0.5, 0.6) is 0 Å². The van der Waals surface area contributed by atoms with Gasteiger partial charge in [-0.3, -0.25) is 0 Å². The van der Waals surface area contributed by atoms with E-state index in [1.54, 1.807) is 0 Å². The van der Waals surface area contributed by atoms with E-state index in [0.717, 1.165) is 6.42 Å². The van der Waals surface area contributed by atoms with Crippen molar-refractivity contribution >= 4 is 0 Å². The van der Waals surface area contributed by atoms with Crippen molar-refractivity contribution in [1.82, 2.24) is 0 Å². The number of ether oxygens (including phenoxy) is 2. The van der Waals surface area contributed by atoms with Crippen molar-refractivity contribution in [2.75, 3.05) is 6.61 Å². The van der Waals surface area contributed by atoms with Crippen molar-refractivity contribution in [1.29, 1.82) is 0 Å². The second-order valence-corrected chi connectivity index (χ2v) is 5.79. The molecule has 0 bridgehead atoms. The van der Waals surface area contributed by atoms with Gasteiger partial charge in [0.05, 0.1) is 11.2 Å². The molecular formula is C12H26O3. The van der Waals surface area contributed by atoms with Crippen LogP contribution < -0.4 is 0 Å². The smallest absolute Gasteiger partial charge is 0.155 e. The summed E-state index contributed by atoms with van der Waals surface area (Å²) in [5.74, 6) is 0. The van der Waals surface area contributed by atoms with Crippen LogP contribution >= 0.6 is 0 Å². The summed E-state index contributed by atoms with van der Waals surface area (Å²) >= 11 is 0. The van der Waals surface area contributed by atoms with Gasteiger partial charge in [-0.2, -0.15) is 0 Å². The third kappa shape index (κ3) is 11.8. The van der Waals surface area contributed by atoms with Crippen LogP contribution in [0.3, 0.4) is 0 Å². The summed E-state index contributed by atoms with van der Waals surface area (Å²) in [6.07, 6.45) is 0.746. The summed E-state index contributed by atoms with van der Waals surface area (Å²) in [5, 5.41) is 9.54. The third-order valence-corrected chi connectivity index (χ3v) is 1.62. The van der Waals surface area contributed by atoms with Gasteiger partial charge in [0.2, 0.25) is 0 Å². The van der Waals surface area contributed by atoms with Crippen LogP contribution in [0.4, 0.5) is 0 Å². The van der Waals surface area contributed by atoms with Crippen LogP contribution in [0.2, 0.25) is 0 Å². The molecule has 0 amide bonds. The zero-order valence-electron chi connectivity index (χ0n) is 11.0. The fourth-order valence-corrected chi connectivity index (χ4v) is 1.10. The highest BCUT2D eigenvalue weighted by atomic mass is 16.6. The Kier molecular flexibility index (Phi) is 5.78. The molecular weight excluding hydrogens is 192 g/mol. The quantitative estimate of drug-likeness (QED) is 0.569. The molecule has 1 atom stereocenters. The third-order valence-electron chi connectivity index (χ3n) is 1.62. The molecule has 3 heteroatoms. The summed E-state index contributed by atoms with van der Waals surface area (Å²) in [6, 6.07) is 0. The van der Waals surface area contributed by atoms with E-state index >= 15 is 0 Å². The molecule has 1 unspecified atom stereocenters. The molecule has 0 aliphatic rings. The summed E-state index contributed by atoms with van der Waals surface area (Å²) in [5.41, 5.74) is -0.389. The fourth-order valence-electron chi connectivity index (χ4n) is 1.10. The van der Waals surface area contributed by atoms with Crippen LogP contribution in [0.25, 0.3) is 0 Å². The van der Waals surface area contributed by atoms with E-state index in [1.807, 2.05) is 41.5 Å². The SMILES string of the molecule is CC(C)(C)OCCCC(O)OC(C)(C)C. The van der Waals surface area contributed by atoms with E-state index in [2.05, 4.69) is 0 Å². The second-order valence-electron chi connectivity index (χ2n) is 5.79. The first-order chi connectivity index (χ1) is 6.60. The predicted molar refractivity (Wildman–Crippen MR) is 61.8 cm³/mol. The molecule has 0 aliphatic carbocycles. The van der Waals surface area contributed by atoms with Crippen LogP contribution in [-0.2, 0) is 9.47 Å². The molecule has 0 aliphatic heterocycles. The van der Waals surface area contributed by atoms with Gasteiger partial charge in [0, 0.05) is 13.0 Å². The van der Waals surface area contributed by atoms with Crippen LogP contribution in [-0.4, -0.2) is 29.2 Å². The lowest BCUT2D eigenvalue weighted by molar-refractivity contribution is -0.170. The van der Waals surface area contributed by atoms with E-state index in [9.17, 15) is 5.11 Å². The van der Waals surface area contributed by atoms with Gasteiger partial charge < -0.3 is 14.6 Å². The van der Waals surface area contributed by atoms with Crippen LogP contribution in [0.1, 0.15) is 54.4 Å². The molecule has 1 N–H and O–H groups in total. The maximum Gasteiger partial charge on any atom is 0.155 e. The maximum atomic E-state index is 9.54. The summed E-state index contributed by atoms with van der Waals surface area (Å²) in [7, 11) is 0. The monoisotopic (exact) mass is 218 g/mol. The largest absolute Gasteiger partial charge is 0.376 e. The molecule has 0 radical (unpaired) electrons. The van der Waals surface area contributed by atoms with Crippen molar-refractivity contribution in [3.8, 4) is 0 Å². The summed E-state index contributed by atoms with van der Waals surface area (Å²) < 4.78 is 10.9.